The van der Waals surface area contributed by atoms with Gasteiger partial charge in [0.2, 0.25) is 17.7 Å². The number of anilines is 2. The number of rotatable bonds is 6. The Bertz CT molecular complexity index is 1510. The van der Waals surface area contributed by atoms with E-state index in [1.807, 2.05) is 24.3 Å². The predicted molar refractivity (Wildman–Crippen MR) is 144 cm³/mol. The smallest absolute Gasteiger partial charge is 0.244 e. The van der Waals surface area contributed by atoms with Crippen molar-refractivity contribution in [3.63, 3.8) is 0 Å². The number of halogens is 1. The molecule has 200 valence electrons. The van der Waals surface area contributed by atoms with E-state index in [0.717, 1.165) is 22.8 Å². The molecule has 1 aliphatic carbocycles. The fourth-order valence-electron chi connectivity index (χ4n) is 5.42. The highest BCUT2D eigenvalue weighted by Gasteiger charge is 2.51. The molecule has 0 saturated heterocycles. The van der Waals surface area contributed by atoms with Crippen LogP contribution in [0, 0.1) is 11.2 Å². The number of fused-ring (bicyclic) bond motifs is 3. The second kappa shape index (κ2) is 9.72. The maximum atomic E-state index is 13.6. The molecular weight excluding hydrogens is 499 g/mol. The highest BCUT2D eigenvalue weighted by molar-refractivity contribution is 6.06. The van der Waals surface area contributed by atoms with Gasteiger partial charge in [0.05, 0.1) is 5.41 Å². The van der Waals surface area contributed by atoms with Crippen molar-refractivity contribution in [3.05, 3.63) is 88.4 Å². The van der Waals surface area contributed by atoms with Gasteiger partial charge in [0.1, 0.15) is 24.5 Å². The van der Waals surface area contributed by atoms with Crippen LogP contribution in [0.25, 0.3) is 0 Å². The summed E-state index contributed by atoms with van der Waals surface area (Å²) in [4.78, 5) is 56.4. The minimum atomic E-state index is -0.781. The minimum Gasteiger partial charge on any atom is -0.329 e. The largest absolute Gasteiger partial charge is 0.329 e. The number of nitrogens with zero attached hydrogens (tertiary/aromatic N) is 2. The van der Waals surface area contributed by atoms with Crippen LogP contribution in [0.2, 0.25) is 0 Å². The number of amides is 3. The molecule has 2 N–H and O–H groups in total. The van der Waals surface area contributed by atoms with Crippen LogP contribution in [0.5, 0.6) is 0 Å². The minimum absolute atomic E-state index is 0.0207. The molecule has 0 saturated carbocycles. The molecule has 2 aromatic carbocycles. The van der Waals surface area contributed by atoms with E-state index in [0.29, 0.717) is 36.2 Å². The zero-order chi connectivity index (χ0) is 27.9. The summed E-state index contributed by atoms with van der Waals surface area (Å²) in [7, 11) is 0. The quantitative estimate of drug-likeness (QED) is 0.470. The third-order valence-corrected chi connectivity index (χ3v) is 7.32. The van der Waals surface area contributed by atoms with Gasteiger partial charge in [-0.2, -0.15) is 0 Å². The summed E-state index contributed by atoms with van der Waals surface area (Å²) in [6.45, 7) is 4.96. The average Bonchev–Trinajstić information content (AvgIpc) is 3.40. The zero-order valence-electron chi connectivity index (χ0n) is 22.0. The number of hydrogen-bond acceptors (Lipinski definition) is 5. The maximum Gasteiger partial charge on any atom is 0.244 e. The Morgan fingerprint density at radius 1 is 1.13 bits per heavy atom. The van der Waals surface area contributed by atoms with Gasteiger partial charge in [-0.05, 0) is 59.9 Å². The van der Waals surface area contributed by atoms with E-state index in [-0.39, 0.29) is 30.5 Å². The molecule has 2 aliphatic rings. The Hall–Kier alpha value is -4.40. The Kier molecular flexibility index (Phi) is 6.54. The fraction of sp³-hybridized carbons (Fsp3) is 0.300. The van der Waals surface area contributed by atoms with Gasteiger partial charge in [-0.15, -0.1) is 0 Å². The van der Waals surface area contributed by atoms with Gasteiger partial charge >= 0.3 is 0 Å². The molecular formula is C30H29FN4O4. The van der Waals surface area contributed by atoms with Crippen LogP contribution in [0.3, 0.4) is 0 Å². The summed E-state index contributed by atoms with van der Waals surface area (Å²) in [5.41, 5.74) is 2.51. The molecule has 3 amide bonds. The first kappa shape index (κ1) is 26.2. The van der Waals surface area contributed by atoms with E-state index in [4.69, 9.17) is 0 Å². The molecule has 3 aromatic rings. The van der Waals surface area contributed by atoms with Crippen LogP contribution in [-0.4, -0.2) is 40.4 Å². The predicted octanol–water partition coefficient (Wildman–Crippen LogP) is 4.04. The summed E-state index contributed by atoms with van der Waals surface area (Å²) < 4.78 is 13.6. The highest BCUT2D eigenvalue weighted by atomic mass is 19.1. The third kappa shape index (κ3) is 4.92. The topological polar surface area (TPSA) is 108 Å². The second-order valence-corrected chi connectivity index (χ2v) is 11.2. The highest BCUT2D eigenvalue weighted by Crippen LogP contribution is 2.46. The van der Waals surface area contributed by atoms with Crippen molar-refractivity contribution in [1.82, 2.24) is 9.88 Å². The Morgan fingerprint density at radius 3 is 2.64 bits per heavy atom. The molecule has 1 spiro atoms. The number of benzene rings is 2. The van der Waals surface area contributed by atoms with E-state index in [2.05, 4.69) is 15.6 Å². The van der Waals surface area contributed by atoms with Crippen molar-refractivity contribution in [3.8, 4) is 0 Å². The molecule has 39 heavy (non-hydrogen) atoms. The number of aldehydes is 1. The monoisotopic (exact) mass is 528 g/mol. The standard InChI is InChI=1S/C30H29FN4O4/c1-29(2,3)28(39)35(15-19-6-8-22(31)11-21(19)17-36)16-25(37)33-23-9-7-18-13-30(14-20(18)12-23)24-5-4-10-32-26(24)34-27(30)38/h4-12,17H,13-16H2,1-3H3,(H,33,37)(H,32,34,38). The van der Waals surface area contributed by atoms with Gasteiger partial charge in [0, 0.05) is 35.0 Å². The molecule has 9 heteroatoms. The SMILES string of the molecule is CC(C)(C)C(=O)N(CC(=O)Nc1ccc2c(c1)CC1(C2)C(=O)Nc2ncccc21)Cc1ccc(F)cc1C=O. The number of pyridine rings is 1. The van der Waals surface area contributed by atoms with Crippen LogP contribution in [0.15, 0.2) is 54.7 Å². The molecule has 1 aliphatic heterocycles. The van der Waals surface area contributed by atoms with Crippen LogP contribution in [0.1, 0.15) is 53.4 Å². The first-order valence-corrected chi connectivity index (χ1v) is 12.7. The van der Waals surface area contributed by atoms with Crippen molar-refractivity contribution in [1.29, 1.82) is 0 Å². The summed E-state index contributed by atoms with van der Waals surface area (Å²) in [6.07, 6.45) is 3.22. The summed E-state index contributed by atoms with van der Waals surface area (Å²) in [5.74, 6) is -0.742. The van der Waals surface area contributed by atoms with E-state index < -0.39 is 22.6 Å². The van der Waals surface area contributed by atoms with Gasteiger partial charge in [0.25, 0.3) is 0 Å². The lowest BCUT2D eigenvalue weighted by atomic mass is 9.79. The Morgan fingerprint density at radius 2 is 1.90 bits per heavy atom. The Balaban J connectivity index is 1.33. The van der Waals surface area contributed by atoms with Gasteiger partial charge in [0.15, 0.2) is 0 Å². The lowest BCUT2D eigenvalue weighted by molar-refractivity contribution is -0.142. The zero-order valence-corrected chi connectivity index (χ0v) is 22.0. The fourth-order valence-corrected chi connectivity index (χ4v) is 5.42. The van der Waals surface area contributed by atoms with Crippen molar-refractivity contribution in [2.45, 2.75) is 45.6 Å². The number of nitrogens with one attached hydrogen (secondary N) is 2. The molecule has 0 fully saturated rings. The van der Waals surface area contributed by atoms with Gasteiger partial charge in [-0.1, -0.05) is 39.0 Å². The summed E-state index contributed by atoms with van der Waals surface area (Å²) in [5, 5.41) is 5.75. The van der Waals surface area contributed by atoms with E-state index in [1.165, 1.54) is 17.0 Å². The summed E-state index contributed by atoms with van der Waals surface area (Å²) >= 11 is 0. The first-order chi connectivity index (χ1) is 18.5. The molecule has 5 rings (SSSR count). The maximum absolute atomic E-state index is 13.6. The van der Waals surface area contributed by atoms with Crippen molar-refractivity contribution in [2.75, 3.05) is 17.2 Å². The Labute approximate surface area is 225 Å². The summed E-state index contributed by atoms with van der Waals surface area (Å²) in [6, 6.07) is 13.1. The molecule has 2 heterocycles. The van der Waals surface area contributed by atoms with Crippen LogP contribution < -0.4 is 10.6 Å². The molecule has 0 bridgehead atoms. The molecule has 8 nitrogen and oxygen atoms in total. The van der Waals surface area contributed by atoms with Crippen LogP contribution in [-0.2, 0) is 39.2 Å². The number of carbonyl (C=O) groups excluding carboxylic acids is 4. The van der Waals surface area contributed by atoms with Crippen molar-refractivity contribution in [2.24, 2.45) is 5.41 Å². The van der Waals surface area contributed by atoms with Crippen LogP contribution >= 0.6 is 0 Å². The molecule has 1 atom stereocenters. The van der Waals surface area contributed by atoms with E-state index in [9.17, 15) is 23.6 Å². The lowest BCUT2D eigenvalue weighted by Gasteiger charge is -2.29. The number of carbonyl (C=O) groups is 4. The normalized spacial score (nSPS) is 17.4. The second-order valence-electron chi connectivity index (χ2n) is 11.2. The molecule has 1 aromatic heterocycles. The lowest BCUT2D eigenvalue weighted by Crippen LogP contribution is -2.43. The first-order valence-electron chi connectivity index (χ1n) is 12.7. The molecule has 1 unspecified atom stereocenters. The average molecular weight is 529 g/mol. The third-order valence-electron chi connectivity index (χ3n) is 7.32. The van der Waals surface area contributed by atoms with Gasteiger partial charge in [-0.3, -0.25) is 19.2 Å². The van der Waals surface area contributed by atoms with Gasteiger partial charge < -0.3 is 15.5 Å². The van der Waals surface area contributed by atoms with E-state index >= 15 is 0 Å². The van der Waals surface area contributed by atoms with E-state index in [1.54, 1.807) is 33.0 Å². The molecule has 0 radical (unpaired) electrons. The van der Waals surface area contributed by atoms with Crippen molar-refractivity contribution < 1.29 is 23.6 Å². The number of hydrogen-bond donors (Lipinski definition) is 2. The number of aromatic nitrogens is 1. The van der Waals surface area contributed by atoms with Gasteiger partial charge in [-0.25, -0.2) is 9.37 Å². The van der Waals surface area contributed by atoms with Crippen molar-refractivity contribution >= 4 is 35.5 Å². The van der Waals surface area contributed by atoms with Crippen LogP contribution in [0.4, 0.5) is 15.9 Å².